The lowest BCUT2D eigenvalue weighted by Crippen LogP contribution is -2.63. The monoisotopic (exact) mass is 233 g/mol. The number of anilines is 1. The Morgan fingerprint density at radius 2 is 2.24 bits per heavy atom. The van der Waals surface area contributed by atoms with Gasteiger partial charge >= 0.3 is 0 Å². The first-order valence-corrected chi connectivity index (χ1v) is 6.26. The molecule has 2 fully saturated rings. The number of rotatable bonds is 2. The maximum absolute atomic E-state index is 9.47. The molecule has 17 heavy (non-hydrogen) atoms. The van der Waals surface area contributed by atoms with Crippen molar-refractivity contribution in [2.24, 2.45) is 11.3 Å². The molecule has 3 nitrogen and oxygen atoms in total. The van der Waals surface area contributed by atoms with E-state index in [1.807, 2.05) is 12.1 Å². The van der Waals surface area contributed by atoms with Crippen molar-refractivity contribution in [2.75, 3.05) is 11.9 Å². The van der Waals surface area contributed by atoms with E-state index in [4.69, 9.17) is 4.74 Å². The predicted molar refractivity (Wildman–Crippen MR) is 67.1 cm³/mol. The van der Waals surface area contributed by atoms with Gasteiger partial charge in [-0.15, -0.1) is 0 Å². The zero-order valence-corrected chi connectivity index (χ0v) is 10.3. The van der Waals surface area contributed by atoms with Gasteiger partial charge in [-0.1, -0.05) is 19.9 Å². The summed E-state index contributed by atoms with van der Waals surface area (Å²) in [6.45, 7) is 5.39. The van der Waals surface area contributed by atoms with Crippen molar-refractivity contribution in [1.29, 1.82) is 0 Å². The van der Waals surface area contributed by atoms with Gasteiger partial charge in [-0.05, 0) is 18.6 Å². The van der Waals surface area contributed by atoms with Crippen LogP contribution in [0.15, 0.2) is 24.3 Å². The summed E-state index contributed by atoms with van der Waals surface area (Å²) in [7, 11) is 0. The summed E-state index contributed by atoms with van der Waals surface area (Å²) in [5.41, 5.74) is 1.17. The molecule has 3 atom stereocenters. The first-order valence-electron chi connectivity index (χ1n) is 6.26. The summed E-state index contributed by atoms with van der Waals surface area (Å²) >= 11 is 0. The first-order chi connectivity index (χ1) is 8.09. The molecule has 1 heterocycles. The molecule has 3 rings (SSSR count). The van der Waals surface area contributed by atoms with Crippen molar-refractivity contribution in [3.05, 3.63) is 24.3 Å². The van der Waals surface area contributed by atoms with E-state index < -0.39 is 0 Å². The molecule has 1 aliphatic carbocycles. The molecule has 1 saturated carbocycles. The molecule has 1 aromatic carbocycles. The van der Waals surface area contributed by atoms with E-state index in [-0.39, 0.29) is 5.41 Å². The SMILES string of the molecule is CC1(C)C(Nc2cccc(O)c2)C2CCOC21. The average molecular weight is 233 g/mol. The van der Waals surface area contributed by atoms with Gasteiger partial charge in [-0.3, -0.25) is 0 Å². The van der Waals surface area contributed by atoms with Crippen molar-refractivity contribution < 1.29 is 9.84 Å². The number of benzene rings is 1. The fourth-order valence-corrected chi connectivity index (χ4v) is 3.39. The van der Waals surface area contributed by atoms with Gasteiger partial charge in [0.15, 0.2) is 0 Å². The van der Waals surface area contributed by atoms with Gasteiger partial charge in [0.25, 0.3) is 0 Å². The van der Waals surface area contributed by atoms with E-state index in [0.29, 0.717) is 23.8 Å². The fourth-order valence-electron chi connectivity index (χ4n) is 3.39. The first kappa shape index (κ1) is 10.9. The number of phenols is 1. The third kappa shape index (κ3) is 1.61. The average Bonchev–Trinajstić information content (AvgIpc) is 2.72. The van der Waals surface area contributed by atoms with E-state index >= 15 is 0 Å². The van der Waals surface area contributed by atoms with Crippen molar-refractivity contribution in [3.8, 4) is 5.75 Å². The van der Waals surface area contributed by atoms with E-state index in [9.17, 15) is 5.11 Å². The lowest BCUT2D eigenvalue weighted by Gasteiger charge is -2.55. The minimum absolute atomic E-state index is 0.173. The fraction of sp³-hybridized carbons (Fsp3) is 0.571. The lowest BCUT2D eigenvalue weighted by molar-refractivity contribution is -0.0923. The zero-order valence-electron chi connectivity index (χ0n) is 10.3. The summed E-state index contributed by atoms with van der Waals surface area (Å²) in [6, 6.07) is 7.78. The second-order valence-electron chi connectivity index (χ2n) is 5.74. The molecule has 1 saturated heterocycles. The van der Waals surface area contributed by atoms with Gasteiger partial charge in [0.1, 0.15) is 5.75 Å². The zero-order chi connectivity index (χ0) is 12.0. The highest BCUT2D eigenvalue weighted by molar-refractivity contribution is 5.49. The molecule has 2 N–H and O–H groups in total. The van der Waals surface area contributed by atoms with Crippen molar-refractivity contribution in [1.82, 2.24) is 0 Å². The van der Waals surface area contributed by atoms with E-state index in [1.54, 1.807) is 12.1 Å². The predicted octanol–water partition coefficient (Wildman–Crippen LogP) is 2.62. The number of hydrogen-bond acceptors (Lipinski definition) is 3. The van der Waals surface area contributed by atoms with Gasteiger partial charge in [-0.2, -0.15) is 0 Å². The second-order valence-corrected chi connectivity index (χ2v) is 5.74. The largest absolute Gasteiger partial charge is 0.508 e. The molecule has 0 amide bonds. The molecule has 3 unspecified atom stereocenters. The highest BCUT2D eigenvalue weighted by Crippen LogP contribution is 2.53. The van der Waals surface area contributed by atoms with Gasteiger partial charge in [0.2, 0.25) is 0 Å². The number of nitrogens with one attached hydrogen (secondary N) is 1. The van der Waals surface area contributed by atoms with Crippen LogP contribution in [0.3, 0.4) is 0 Å². The number of aromatic hydroxyl groups is 1. The van der Waals surface area contributed by atoms with Crippen LogP contribution in [-0.2, 0) is 4.74 Å². The van der Waals surface area contributed by atoms with E-state index in [1.165, 1.54) is 0 Å². The second kappa shape index (κ2) is 3.64. The van der Waals surface area contributed by atoms with Crippen molar-refractivity contribution >= 4 is 5.69 Å². The van der Waals surface area contributed by atoms with Gasteiger partial charge in [0, 0.05) is 35.7 Å². The molecule has 0 spiro atoms. The summed E-state index contributed by atoms with van der Waals surface area (Å²) in [5, 5.41) is 13.0. The molecule has 1 aromatic rings. The maximum atomic E-state index is 9.47. The van der Waals surface area contributed by atoms with Crippen LogP contribution in [0.4, 0.5) is 5.69 Å². The van der Waals surface area contributed by atoms with Crippen LogP contribution in [0.2, 0.25) is 0 Å². The van der Waals surface area contributed by atoms with Crippen LogP contribution in [-0.4, -0.2) is 23.9 Å². The maximum Gasteiger partial charge on any atom is 0.117 e. The van der Waals surface area contributed by atoms with Gasteiger partial charge in [-0.25, -0.2) is 0 Å². The Morgan fingerprint density at radius 3 is 3.00 bits per heavy atom. The Balaban J connectivity index is 1.77. The third-order valence-corrected chi connectivity index (χ3v) is 4.27. The van der Waals surface area contributed by atoms with Gasteiger partial charge in [0.05, 0.1) is 6.10 Å². The third-order valence-electron chi connectivity index (χ3n) is 4.27. The Kier molecular flexibility index (Phi) is 2.33. The minimum atomic E-state index is 0.173. The molecule has 3 heteroatoms. The Bertz CT molecular complexity index is 430. The van der Waals surface area contributed by atoms with Crippen LogP contribution in [0, 0.1) is 11.3 Å². The number of ether oxygens (including phenoxy) is 1. The van der Waals surface area contributed by atoms with Gasteiger partial charge < -0.3 is 15.2 Å². The Hall–Kier alpha value is -1.22. The number of fused-ring (bicyclic) bond motifs is 1. The van der Waals surface area contributed by atoms with Crippen LogP contribution in [0.1, 0.15) is 20.3 Å². The Morgan fingerprint density at radius 1 is 1.41 bits per heavy atom. The topological polar surface area (TPSA) is 41.5 Å². The van der Waals surface area contributed by atoms with E-state index in [2.05, 4.69) is 19.2 Å². The molecule has 0 bridgehead atoms. The van der Waals surface area contributed by atoms with Crippen molar-refractivity contribution in [3.63, 3.8) is 0 Å². The smallest absolute Gasteiger partial charge is 0.117 e. The molecule has 2 aliphatic rings. The molecule has 92 valence electrons. The van der Waals surface area contributed by atoms with Crippen LogP contribution >= 0.6 is 0 Å². The van der Waals surface area contributed by atoms with Crippen LogP contribution in [0.25, 0.3) is 0 Å². The molecular formula is C14H19NO2. The van der Waals surface area contributed by atoms with E-state index in [0.717, 1.165) is 18.7 Å². The molecule has 1 aliphatic heterocycles. The highest BCUT2D eigenvalue weighted by atomic mass is 16.5. The minimum Gasteiger partial charge on any atom is -0.508 e. The number of hydrogen-bond donors (Lipinski definition) is 2. The Labute approximate surface area is 102 Å². The standard InChI is InChI=1S/C14H19NO2/c1-14(2)12(11-6-7-17-13(11)14)15-9-4-3-5-10(16)8-9/h3-5,8,11-13,15-16H,6-7H2,1-2H3. The van der Waals surface area contributed by atoms with Crippen LogP contribution in [0.5, 0.6) is 5.75 Å². The quantitative estimate of drug-likeness (QED) is 0.825. The summed E-state index contributed by atoms with van der Waals surface area (Å²) in [4.78, 5) is 0. The highest BCUT2D eigenvalue weighted by Gasteiger charge is 2.59. The molecule has 0 aromatic heterocycles. The molecular weight excluding hydrogens is 214 g/mol. The van der Waals surface area contributed by atoms with Crippen LogP contribution < -0.4 is 5.32 Å². The summed E-state index contributed by atoms with van der Waals surface area (Å²) in [6.07, 6.45) is 1.54. The molecule has 0 radical (unpaired) electrons. The lowest BCUT2D eigenvalue weighted by atomic mass is 9.57. The summed E-state index contributed by atoms with van der Waals surface area (Å²) < 4.78 is 5.77. The van der Waals surface area contributed by atoms with Crippen molar-refractivity contribution in [2.45, 2.75) is 32.4 Å². The summed E-state index contributed by atoms with van der Waals surface area (Å²) in [5.74, 6) is 0.929. The normalized spacial score (nSPS) is 33.9. The number of phenolic OH excluding ortho intramolecular Hbond substituents is 1.